The molecule has 1 spiro atoms. The van der Waals surface area contributed by atoms with Crippen LogP contribution in [0.5, 0.6) is 11.6 Å². The van der Waals surface area contributed by atoms with Crippen molar-refractivity contribution in [3.05, 3.63) is 59.3 Å². The van der Waals surface area contributed by atoms with Gasteiger partial charge in [-0.3, -0.25) is 4.55 Å². The number of ether oxygens (including phenoxy) is 3. The van der Waals surface area contributed by atoms with E-state index >= 15 is 0 Å². The number of aromatic nitrogens is 1. The Bertz CT molecular complexity index is 1250. The van der Waals surface area contributed by atoms with Crippen LogP contribution in [0.15, 0.2) is 47.6 Å². The fourth-order valence-electron chi connectivity index (χ4n) is 3.65. The molecule has 0 saturated carbocycles. The van der Waals surface area contributed by atoms with Crippen molar-refractivity contribution in [1.82, 2.24) is 4.98 Å². The SMILES string of the molecule is NC1=N[C@@]2(CO1)c1ccccc1Oc1ncc(C3=CCOCC3)cc12.O=S(=O)(O)C(F)(F)F. The lowest BCUT2D eigenvalue weighted by Crippen LogP contribution is -2.31. The topological polar surface area (TPSA) is 133 Å². The molecule has 3 aliphatic heterocycles. The standard InChI is InChI=1S/C19H17N3O3.CHF3O3S/c20-18-22-19(11-24-18)14-3-1-2-4-16(14)25-17-15(19)9-13(10-21-17)12-5-7-23-8-6-12;2-1(3,4)8(5,6)7/h1-5,9-10H,6-8,11H2,(H2,20,22);(H,5,6,7)/t19-;/m0./s1. The number of benzene rings is 1. The molecule has 176 valence electrons. The van der Waals surface area contributed by atoms with Crippen molar-refractivity contribution in [2.45, 2.75) is 17.5 Å². The summed E-state index contributed by atoms with van der Waals surface area (Å²) in [4.78, 5) is 9.22. The number of hydrogen-bond donors (Lipinski definition) is 2. The third kappa shape index (κ3) is 4.38. The van der Waals surface area contributed by atoms with Crippen LogP contribution in [0.1, 0.15) is 23.1 Å². The predicted molar refractivity (Wildman–Crippen MR) is 110 cm³/mol. The number of nitrogens with zero attached hydrogens (tertiary/aromatic N) is 2. The van der Waals surface area contributed by atoms with Crippen LogP contribution in [0.3, 0.4) is 0 Å². The Kier molecular flexibility index (Phi) is 5.80. The Morgan fingerprint density at radius 3 is 2.52 bits per heavy atom. The molecular formula is C20H18F3N3O6S. The van der Waals surface area contributed by atoms with E-state index in [9.17, 15) is 13.2 Å². The molecule has 0 aliphatic carbocycles. The third-order valence-corrected chi connectivity index (χ3v) is 5.78. The van der Waals surface area contributed by atoms with E-state index in [0.29, 0.717) is 19.1 Å². The van der Waals surface area contributed by atoms with Gasteiger partial charge in [0.2, 0.25) is 5.88 Å². The molecule has 13 heteroatoms. The molecule has 3 aliphatic rings. The largest absolute Gasteiger partial charge is 0.522 e. The van der Waals surface area contributed by atoms with Gasteiger partial charge in [0, 0.05) is 11.8 Å². The molecule has 0 bridgehead atoms. The molecule has 9 nitrogen and oxygen atoms in total. The highest BCUT2D eigenvalue weighted by molar-refractivity contribution is 7.86. The number of nitrogens with two attached hydrogens (primary N) is 1. The second-order valence-electron chi connectivity index (χ2n) is 7.25. The molecular weight excluding hydrogens is 467 g/mol. The van der Waals surface area contributed by atoms with Crippen molar-refractivity contribution in [1.29, 1.82) is 0 Å². The van der Waals surface area contributed by atoms with Gasteiger partial charge in [-0.05, 0) is 29.7 Å². The molecule has 0 unspecified atom stereocenters. The van der Waals surface area contributed by atoms with E-state index in [-0.39, 0.29) is 6.02 Å². The van der Waals surface area contributed by atoms with Crippen LogP contribution in [-0.2, 0) is 25.1 Å². The Balaban J connectivity index is 0.000000281. The smallest absolute Gasteiger partial charge is 0.462 e. The molecule has 0 amide bonds. The van der Waals surface area contributed by atoms with Gasteiger partial charge in [0.05, 0.1) is 18.8 Å². The fourth-order valence-corrected chi connectivity index (χ4v) is 3.65. The van der Waals surface area contributed by atoms with E-state index in [4.69, 9.17) is 32.9 Å². The number of rotatable bonds is 1. The molecule has 3 N–H and O–H groups in total. The van der Waals surface area contributed by atoms with Gasteiger partial charge >= 0.3 is 15.6 Å². The Hall–Kier alpha value is -3.16. The van der Waals surface area contributed by atoms with Crippen LogP contribution in [-0.4, -0.2) is 49.3 Å². The van der Waals surface area contributed by atoms with Gasteiger partial charge in [-0.25, -0.2) is 9.98 Å². The number of amidine groups is 1. The lowest BCUT2D eigenvalue weighted by atomic mass is 9.81. The summed E-state index contributed by atoms with van der Waals surface area (Å²) in [6, 6.07) is 10.1. The summed E-state index contributed by atoms with van der Waals surface area (Å²) in [6.45, 7) is 1.70. The molecule has 0 radical (unpaired) electrons. The number of pyridine rings is 1. The van der Waals surface area contributed by atoms with Crippen molar-refractivity contribution in [3.63, 3.8) is 0 Å². The van der Waals surface area contributed by atoms with E-state index in [1.165, 1.54) is 5.57 Å². The van der Waals surface area contributed by atoms with Gasteiger partial charge in [-0.15, -0.1) is 0 Å². The highest BCUT2D eigenvalue weighted by atomic mass is 32.2. The summed E-state index contributed by atoms with van der Waals surface area (Å²) >= 11 is 0. The molecule has 1 atom stereocenters. The van der Waals surface area contributed by atoms with E-state index in [0.717, 1.165) is 35.5 Å². The summed E-state index contributed by atoms with van der Waals surface area (Å²) in [6.07, 6.45) is 4.81. The Morgan fingerprint density at radius 1 is 1.18 bits per heavy atom. The molecule has 1 aromatic heterocycles. The quantitative estimate of drug-likeness (QED) is 0.465. The van der Waals surface area contributed by atoms with Gasteiger partial charge < -0.3 is 19.9 Å². The normalized spacial score (nSPS) is 21.5. The molecule has 2 aromatic rings. The first-order chi connectivity index (χ1) is 15.5. The first-order valence-electron chi connectivity index (χ1n) is 9.58. The van der Waals surface area contributed by atoms with E-state index in [2.05, 4.69) is 22.1 Å². The summed E-state index contributed by atoms with van der Waals surface area (Å²) in [5.74, 6) is 1.29. The summed E-state index contributed by atoms with van der Waals surface area (Å²) in [5.41, 5.74) is 3.76. The van der Waals surface area contributed by atoms with Gasteiger partial charge in [0.25, 0.3) is 6.02 Å². The number of alkyl halides is 3. The van der Waals surface area contributed by atoms with Gasteiger partial charge in [-0.2, -0.15) is 21.6 Å². The maximum absolute atomic E-state index is 10.7. The van der Waals surface area contributed by atoms with Crippen LogP contribution in [0.25, 0.3) is 5.57 Å². The van der Waals surface area contributed by atoms with Gasteiger partial charge in [-0.1, -0.05) is 24.3 Å². The van der Waals surface area contributed by atoms with Crippen LogP contribution in [0.4, 0.5) is 13.2 Å². The van der Waals surface area contributed by atoms with Crippen molar-refractivity contribution >= 4 is 21.7 Å². The minimum Gasteiger partial charge on any atom is -0.462 e. The average molecular weight is 485 g/mol. The van der Waals surface area contributed by atoms with Crippen molar-refractivity contribution in [2.24, 2.45) is 10.7 Å². The summed E-state index contributed by atoms with van der Waals surface area (Å²) in [5, 5.41) is 0. The first-order valence-corrected chi connectivity index (χ1v) is 11.0. The molecule has 33 heavy (non-hydrogen) atoms. The van der Waals surface area contributed by atoms with Crippen molar-refractivity contribution in [3.8, 4) is 11.6 Å². The number of fused-ring (bicyclic) bond motifs is 4. The lowest BCUT2D eigenvalue weighted by molar-refractivity contribution is -0.0510. The zero-order valence-electron chi connectivity index (χ0n) is 16.9. The minimum atomic E-state index is -5.84. The van der Waals surface area contributed by atoms with E-state index in [1.54, 1.807) is 0 Å². The van der Waals surface area contributed by atoms with Crippen LogP contribution < -0.4 is 10.5 Å². The maximum atomic E-state index is 10.7. The van der Waals surface area contributed by atoms with Gasteiger partial charge in [0.15, 0.2) is 5.54 Å². The number of para-hydroxylation sites is 1. The molecule has 4 heterocycles. The Labute approximate surface area is 186 Å². The first kappa shape index (κ1) is 23.0. The second-order valence-corrected chi connectivity index (χ2v) is 8.66. The predicted octanol–water partition coefficient (Wildman–Crippen LogP) is 2.97. The molecule has 5 rings (SSSR count). The molecule has 1 aromatic carbocycles. The Morgan fingerprint density at radius 2 is 1.91 bits per heavy atom. The van der Waals surface area contributed by atoms with E-state index < -0.39 is 21.2 Å². The monoisotopic (exact) mass is 485 g/mol. The molecule has 0 saturated heterocycles. The lowest BCUT2D eigenvalue weighted by Gasteiger charge is -2.32. The van der Waals surface area contributed by atoms with Crippen molar-refractivity contribution in [2.75, 3.05) is 19.8 Å². The summed E-state index contributed by atoms with van der Waals surface area (Å²) in [7, 11) is -5.84. The third-order valence-electron chi connectivity index (χ3n) is 5.19. The molecule has 0 fully saturated rings. The number of halogens is 3. The van der Waals surface area contributed by atoms with Crippen molar-refractivity contribution < 1.29 is 40.4 Å². The fraction of sp³-hybridized carbons (Fsp3) is 0.300. The highest BCUT2D eigenvalue weighted by Crippen LogP contribution is 2.50. The van der Waals surface area contributed by atoms with Gasteiger partial charge in [0.1, 0.15) is 12.4 Å². The number of aliphatic imine (C=N–C) groups is 1. The van der Waals surface area contributed by atoms with Crippen LogP contribution in [0, 0.1) is 0 Å². The highest BCUT2D eigenvalue weighted by Gasteiger charge is 2.47. The van der Waals surface area contributed by atoms with E-state index in [1.807, 2.05) is 30.5 Å². The minimum absolute atomic E-state index is 0.193. The van der Waals surface area contributed by atoms with Crippen LogP contribution >= 0.6 is 0 Å². The average Bonchev–Trinajstić information content (AvgIpc) is 3.16. The second kappa shape index (κ2) is 8.32. The van der Waals surface area contributed by atoms with Crippen LogP contribution in [0.2, 0.25) is 0 Å². The zero-order chi connectivity index (χ0) is 23.9. The zero-order valence-corrected chi connectivity index (χ0v) is 17.7. The maximum Gasteiger partial charge on any atom is 0.522 e. The number of hydrogen-bond acceptors (Lipinski definition) is 8. The summed E-state index contributed by atoms with van der Waals surface area (Å²) < 4.78 is 74.5.